The lowest BCUT2D eigenvalue weighted by molar-refractivity contribution is 0.0697. The first kappa shape index (κ1) is 12.4. The molecule has 0 amide bonds. The number of carboxylic acid groups (broad SMARTS) is 1. The van der Waals surface area contributed by atoms with Crippen LogP contribution in [0.25, 0.3) is 0 Å². The van der Waals surface area contributed by atoms with Crippen molar-refractivity contribution in [3.63, 3.8) is 0 Å². The molecule has 0 unspecified atom stereocenters. The highest BCUT2D eigenvalue weighted by Gasteiger charge is 2.10. The molecular weight excluding hydrogens is 256 g/mol. The molecule has 0 bridgehead atoms. The summed E-state index contributed by atoms with van der Waals surface area (Å²) in [4.78, 5) is 19.0. The van der Waals surface area contributed by atoms with E-state index in [0.29, 0.717) is 12.4 Å². The van der Waals surface area contributed by atoms with Crippen molar-refractivity contribution in [1.29, 1.82) is 0 Å². The van der Waals surface area contributed by atoms with Gasteiger partial charge in [-0.25, -0.2) is 14.8 Å². The minimum absolute atomic E-state index is 0.0222. The summed E-state index contributed by atoms with van der Waals surface area (Å²) >= 11 is 5.73. The smallest absolute Gasteiger partial charge is 0.337 e. The highest BCUT2D eigenvalue weighted by Crippen LogP contribution is 2.18. The van der Waals surface area contributed by atoms with Crippen LogP contribution in [0.5, 0.6) is 0 Å². The lowest BCUT2D eigenvalue weighted by atomic mass is 10.2. The first-order valence-corrected chi connectivity index (χ1v) is 5.54. The number of anilines is 1. The molecule has 2 aromatic rings. The van der Waals surface area contributed by atoms with Crippen molar-refractivity contribution in [2.45, 2.75) is 6.54 Å². The van der Waals surface area contributed by atoms with E-state index in [-0.39, 0.29) is 10.6 Å². The topological polar surface area (TPSA) is 80.0 Å². The Morgan fingerprint density at radius 3 is 2.94 bits per heavy atom. The van der Waals surface area contributed by atoms with Crippen LogP contribution in [0, 0.1) is 0 Å². The lowest BCUT2D eigenvalue weighted by Crippen LogP contribution is -2.08. The minimum atomic E-state index is -1.08. The van der Waals surface area contributed by atoms with Crippen molar-refractivity contribution >= 4 is 23.4 Å². The molecule has 0 fully saturated rings. The Hall–Kier alpha value is -2.08. The summed E-state index contributed by atoms with van der Waals surface area (Å²) < 4.78 is 1.86. The summed E-state index contributed by atoms with van der Waals surface area (Å²) in [6.45, 7) is 0.456. The summed E-state index contributed by atoms with van der Waals surface area (Å²) in [6, 6.07) is 1.40. The maximum Gasteiger partial charge on any atom is 0.337 e. The van der Waals surface area contributed by atoms with Crippen LogP contribution in [-0.2, 0) is 13.6 Å². The largest absolute Gasteiger partial charge is 0.478 e. The molecule has 94 valence electrons. The van der Waals surface area contributed by atoms with Gasteiger partial charge in [0.2, 0.25) is 0 Å². The van der Waals surface area contributed by atoms with Gasteiger partial charge in [0.25, 0.3) is 0 Å². The van der Waals surface area contributed by atoms with Crippen molar-refractivity contribution < 1.29 is 9.90 Å². The molecule has 0 saturated heterocycles. The number of aromatic nitrogens is 3. The molecule has 0 aliphatic rings. The molecule has 0 radical (unpaired) electrons. The molecule has 0 aromatic carbocycles. The summed E-state index contributed by atoms with van der Waals surface area (Å²) in [5, 5.41) is 12.0. The molecule has 7 heteroatoms. The molecule has 2 rings (SSSR count). The van der Waals surface area contributed by atoms with Gasteiger partial charge in [-0.1, -0.05) is 11.6 Å². The predicted octanol–water partition coefficient (Wildman–Crippen LogP) is 1.78. The van der Waals surface area contributed by atoms with Gasteiger partial charge in [-0.15, -0.1) is 0 Å². The SMILES string of the molecule is Cn1ccnc1CNc1cc(C(=O)O)c(Cl)cn1. The third-order valence-corrected chi connectivity index (χ3v) is 2.74. The second-order valence-electron chi connectivity index (χ2n) is 3.66. The molecular formula is C11H11ClN4O2. The average molecular weight is 267 g/mol. The number of pyridine rings is 1. The van der Waals surface area contributed by atoms with Crippen LogP contribution in [0.2, 0.25) is 5.02 Å². The van der Waals surface area contributed by atoms with Crippen LogP contribution in [0.15, 0.2) is 24.7 Å². The number of carboxylic acids is 1. The van der Waals surface area contributed by atoms with Crippen molar-refractivity contribution in [3.05, 3.63) is 41.1 Å². The first-order chi connectivity index (χ1) is 8.58. The Bertz CT molecular complexity index is 582. The number of aryl methyl sites for hydroxylation is 1. The van der Waals surface area contributed by atoms with E-state index in [2.05, 4.69) is 15.3 Å². The standard InChI is InChI=1S/C11H11ClN4O2/c1-16-3-2-13-10(16)6-15-9-4-7(11(17)18)8(12)5-14-9/h2-5H,6H2,1H3,(H,14,15)(H,17,18). The van der Waals surface area contributed by atoms with E-state index in [9.17, 15) is 4.79 Å². The zero-order valence-electron chi connectivity index (χ0n) is 9.59. The molecule has 2 N–H and O–H groups in total. The number of halogens is 1. The zero-order valence-corrected chi connectivity index (χ0v) is 10.3. The van der Waals surface area contributed by atoms with E-state index in [1.165, 1.54) is 12.3 Å². The summed E-state index contributed by atoms with van der Waals surface area (Å²) in [5.74, 6) is 0.186. The van der Waals surface area contributed by atoms with Crippen LogP contribution in [0.4, 0.5) is 5.82 Å². The maximum atomic E-state index is 10.9. The molecule has 0 aliphatic carbocycles. The van der Waals surface area contributed by atoms with Crippen LogP contribution in [0.1, 0.15) is 16.2 Å². The highest BCUT2D eigenvalue weighted by atomic mass is 35.5. The number of nitrogens with one attached hydrogen (secondary N) is 1. The first-order valence-electron chi connectivity index (χ1n) is 5.17. The molecule has 0 aliphatic heterocycles. The van der Waals surface area contributed by atoms with Gasteiger partial charge in [0.1, 0.15) is 11.6 Å². The van der Waals surface area contributed by atoms with E-state index < -0.39 is 5.97 Å². The molecule has 2 aromatic heterocycles. The second-order valence-corrected chi connectivity index (χ2v) is 4.07. The van der Waals surface area contributed by atoms with Gasteiger partial charge in [-0.2, -0.15) is 0 Å². The Balaban J connectivity index is 2.13. The Morgan fingerprint density at radius 2 is 2.33 bits per heavy atom. The maximum absolute atomic E-state index is 10.9. The molecule has 0 saturated carbocycles. The summed E-state index contributed by atoms with van der Waals surface area (Å²) in [6.07, 6.45) is 4.83. The number of rotatable bonds is 4. The fourth-order valence-electron chi connectivity index (χ4n) is 1.44. The summed E-state index contributed by atoms with van der Waals surface area (Å²) in [5.41, 5.74) is 0.0222. The van der Waals surface area contributed by atoms with Crippen LogP contribution in [-0.4, -0.2) is 25.6 Å². The van der Waals surface area contributed by atoms with Gasteiger partial charge in [0, 0.05) is 25.6 Å². The Labute approximate surface area is 108 Å². The van der Waals surface area contributed by atoms with Crippen LogP contribution in [0.3, 0.4) is 0 Å². The Morgan fingerprint density at radius 1 is 1.56 bits per heavy atom. The normalized spacial score (nSPS) is 10.3. The fourth-order valence-corrected chi connectivity index (χ4v) is 1.62. The van der Waals surface area contributed by atoms with Crippen molar-refractivity contribution in [1.82, 2.24) is 14.5 Å². The van der Waals surface area contributed by atoms with Crippen LogP contribution < -0.4 is 5.32 Å². The number of aromatic carboxylic acids is 1. The third kappa shape index (κ3) is 2.60. The van der Waals surface area contributed by atoms with Crippen molar-refractivity contribution in [2.75, 3.05) is 5.32 Å². The van der Waals surface area contributed by atoms with E-state index in [0.717, 1.165) is 5.82 Å². The predicted molar refractivity (Wildman–Crippen MR) is 66.7 cm³/mol. The molecule has 18 heavy (non-hydrogen) atoms. The number of nitrogens with zero attached hydrogens (tertiary/aromatic N) is 3. The quantitative estimate of drug-likeness (QED) is 0.882. The molecule has 2 heterocycles. The van der Waals surface area contributed by atoms with Gasteiger partial charge >= 0.3 is 5.97 Å². The van der Waals surface area contributed by atoms with Crippen molar-refractivity contribution in [2.24, 2.45) is 7.05 Å². The van der Waals surface area contributed by atoms with Gasteiger partial charge in [-0.3, -0.25) is 0 Å². The number of imidazole rings is 1. The van der Waals surface area contributed by atoms with E-state index in [4.69, 9.17) is 16.7 Å². The Kier molecular flexibility index (Phi) is 3.47. The minimum Gasteiger partial charge on any atom is -0.478 e. The highest BCUT2D eigenvalue weighted by molar-refractivity contribution is 6.33. The van der Waals surface area contributed by atoms with Crippen LogP contribution >= 0.6 is 11.6 Å². The number of carbonyl (C=O) groups is 1. The van der Waals surface area contributed by atoms with Crippen molar-refractivity contribution in [3.8, 4) is 0 Å². The summed E-state index contributed by atoms with van der Waals surface area (Å²) in [7, 11) is 1.88. The fraction of sp³-hybridized carbons (Fsp3) is 0.182. The number of hydrogen-bond donors (Lipinski definition) is 2. The van der Waals surface area contributed by atoms with Gasteiger partial charge in [-0.05, 0) is 6.07 Å². The zero-order chi connectivity index (χ0) is 13.1. The molecule has 0 spiro atoms. The van der Waals surface area contributed by atoms with E-state index in [1.54, 1.807) is 6.20 Å². The van der Waals surface area contributed by atoms with Gasteiger partial charge in [0.15, 0.2) is 0 Å². The second kappa shape index (κ2) is 5.05. The average Bonchev–Trinajstić information content (AvgIpc) is 2.73. The monoisotopic (exact) mass is 266 g/mol. The third-order valence-electron chi connectivity index (χ3n) is 2.43. The van der Waals surface area contributed by atoms with Gasteiger partial charge < -0.3 is 15.0 Å². The van der Waals surface area contributed by atoms with Gasteiger partial charge in [0.05, 0.1) is 17.1 Å². The van der Waals surface area contributed by atoms with E-state index >= 15 is 0 Å². The molecule has 6 nitrogen and oxygen atoms in total. The lowest BCUT2D eigenvalue weighted by Gasteiger charge is -2.07. The number of hydrogen-bond acceptors (Lipinski definition) is 4. The molecule has 0 atom stereocenters. The van der Waals surface area contributed by atoms with E-state index in [1.807, 2.05) is 17.8 Å².